The number of hydrogen-bond acceptors (Lipinski definition) is 6. The first kappa shape index (κ1) is 22.7. The van der Waals surface area contributed by atoms with Crippen LogP contribution in [0.2, 0.25) is 0 Å². The van der Waals surface area contributed by atoms with Crippen LogP contribution in [0.3, 0.4) is 0 Å². The summed E-state index contributed by atoms with van der Waals surface area (Å²) in [5, 5.41) is 5.52. The molecule has 1 amide bonds. The van der Waals surface area contributed by atoms with Crippen molar-refractivity contribution in [2.75, 3.05) is 23.3 Å². The lowest BCUT2D eigenvalue weighted by Gasteiger charge is -2.36. The van der Waals surface area contributed by atoms with Gasteiger partial charge < -0.3 is 10.2 Å². The van der Waals surface area contributed by atoms with Crippen LogP contribution in [0.4, 0.5) is 24.5 Å². The van der Waals surface area contributed by atoms with E-state index in [9.17, 15) is 18.0 Å². The standard InChI is InChI=1S/C23H23F3N6O/c24-23(25,26)21(19-3-1-2-10-28-19)30-17-8-13-32(14-9-17)18-6-4-16(5-7-18)31-22(33)20-15-27-11-12-29-20/h1-7,10-12,15,17,21,30H,8-9,13-14H2,(H,31,33). The molecule has 1 fully saturated rings. The van der Waals surface area contributed by atoms with E-state index >= 15 is 0 Å². The Labute approximate surface area is 189 Å². The molecule has 10 heteroatoms. The van der Waals surface area contributed by atoms with Gasteiger partial charge in [0.15, 0.2) is 0 Å². The van der Waals surface area contributed by atoms with Gasteiger partial charge in [-0.05, 0) is 49.2 Å². The second kappa shape index (κ2) is 9.95. The average molecular weight is 456 g/mol. The van der Waals surface area contributed by atoms with Crippen LogP contribution in [-0.4, -0.2) is 46.2 Å². The molecule has 1 saturated heterocycles. The third-order valence-electron chi connectivity index (χ3n) is 5.49. The minimum absolute atomic E-state index is 0.0217. The smallest absolute Gasteiger partial charge is 0.371 e. The van der Waals surface area contributed by atoms with Gasteiger partial charge in [-0.2, -0.15) is 13.2 Å². The highest BCUT2D eigenvalue weighted by molar-refractivity contribution is 6.02. The first-order chi connectivity index (χ1) is 15.9. The minimum atomic E-state index is -4.42. The van der Waals surface area contributed by atoms with E-state index < -0.39 is 12.2 Å². The molecule has 3 aromatic rings. The zero-order chi connectivity index (χ0) is 23.3. The van der Waals surface area contributed by atoms with Crippen molar-refractivity contribution in [3.8, 4) is 0 Å². The van der Waals surface area contributed by atoms with E-state index in [1.165, 1.54) is 30.9 Å². The number of benzene rings is 1. The Morgan fingerprint density at radius 1 is 1.00 bits per heavy atom. The number of pyridine rings is 1. The maximum Gasteiger partial charge on any atom is 0.409 e. The summed E-state index contributed by atoms with van der Waals surface area (Å²) < 4.78 is 40.8. The van der Waals surface area contributed by atoms with Crippen LogP contribution in [-0.2, 0) is 0 Å². The van der Waals surface area contributed by atoms with Crippen LogP contribution in [0.15, 0.2) is 67.3 Å². The van der Waals surface area contributed by atoms with Crippen LogP contribution in [0.5, 0.6) is 0 Å². The van der Waals surface area contributed by atoms with Crippen molar-refractivity contribution in [1.82, 2.24) is 20.3 Å². The van der Waals surface area contributed by atoms with Gasteiger partial charge in [-0.1, -0.05) is 6.07 Å². The van der Waals surface area contributed by atoms with Gasteiger partial charge >= 0.3 is 6.18 Å². The van der Waals surface area contributed by atoms with Crippen molar-refractivity contribution in [1.29, 1.82) is 0 Å². The molecule has 2 N–H and O–H groups in total. The third-order valence-corrected chi connectivity index (χ3v) is 5.49. The van der Waals surface area contributed by atoms with E-state index in [2.05, 4.69) is 30.5 Å². The van der Waals surface area contributed by atoms with E-state index in [-0.39, 0.29) is 23.3 Å². The van der Waals surface area contributed by atoms with Crippen LogP contribution in [0, 0.1) is 0 Å². The number of carbonyl (C=O) groups excluding carboxylic acids is 1. The predicted molar refractivity (Wildman–Crippen MR) is 118 cm³/mol. The lowest BCUT2D eigenvalue weighted by Crippen LogP contribution is -2.47. The normalized spacial score (nSPS) is 15.8. The molecule has 0 radical (unpaired) electrons. The van der Waals surface area contributed by atoms with Crippen molar-refractivity contribution < 1.29 is 18.0 Å². The van der Waals surface area contributed by atoms with Crippen molar-refractivity contribution in [3.63, 3.8) is 0 Å². The zero-order valence-corrected chi connectivity index (χ0v) is 17.7. The Balaban J connectivity index is 1.32. The summed E-state index contributed by atoms with van der Waals surface area (Å²) in [5.74, 6) is -0.352. The first-order valence-corrected chi connectivity index (χ1v) is 10.6. The number of nitrogens with one attached hydrogen (secondary N) is 2. The molecule has 0 spiro atoms. The average Bonchev–Trinajstić information content (AvgIpc) is 2.84. The molecule has 172 valence electrons. The van der Waals surface area contributed by atoms with Gasteiger partial charge in [-0.3, -0.25) is 20.1 Å². The lowest BCUT2D eigenvalue weighted by molar-refractivity contribution is -0.161. The van der Waals surface area contributed by atoms with E-state index in [0.29, 0.717) is 31.6 Å². The number of nitrogens with zero attached hydrogens (tertiary/aromatic N) is 4. The summed E-state index contributed by atoms with van der Waals surface area (Å²) in [6, 6.07) is 9.84. The van der Waals surface area contributed by atoms with Crippen molar-refractivity contribution in [2.45, 2.75) is 31.1 Å². The number of amides is 1. The van der Waals surface area contributed by atoms with Gasteiger partial charge in [0.2, 0.25) is 0 Å². The molecule has 2 aromatic heterocycles. The number of rotatable bonds is 6. The molecule has 1 aliphatic heterocycles. The fraction of sp³-hybridized carbons (Fsp3) is 0.304. The third kappa shape index (κ3) is 5.83. The molecule has 3 heterocycles. The van der Waals surface area contributed by atoms with Crippen molar-refractivity contribution in [3.05, 3.63) is 78.6 Å². The fourth-order valence-corrected chi connectivity index (χ4v) is 3.80. The van der Waals surface area contributed by atoms with E-state index in [1.807, 2.05) is 12.1 Å². The highest BCUT2D eigenvalue weighted by Crippen LogP contribution is 2.33. The molecule has 1 aliphatic rings. The number of piperidine rings is 1. The second-order valence-electron chi connectivity index (χ2n) is 7.75. The van der Waals surface area contributed by atoms with Crippen molar-refractivity contribution in [2.24, 2.45) is 0 Å². The molecule has 1 unspecified atom stereocenters. The topological polar surface area (TPSA) is 83.0 Å². The van der Waals surface area contributed by atoms with E-state index in [4.69, 9.17) is 0 Å². The first-order valence-electron chi connectivity index (χ1n) is 10.6. The number of hydrogen-bond donors (Lipinski definition) is 2. The fourth-order valence-electron chi connectivity index (χ4n) is 3.80. The van der Waals surface area contributed by atoms with Gasteiger partial charge in [-0.25, -0.2) is 4.98 Å². The Bertz CT molecular complexity index is 1040. The summed E-state index contributed by atoms with van der Waals surface area (Å²) in [6.45, 7) is 1.24. The SMILES string of the molecule is O=C(Nc1ccc(N2CCC(NC(c3ccccn3)C(F)(F)F)CC2)cc1)c1cnccn1. The second-order valence-corrected chi connectivity index (χ2v) is 7.75. The molecule has 0 bridgehead atoms. The summed E-state index contributed by atoms with van der Waals surface area (Å²) in [5.41, 5.74) is 1.77. The molecular formula is C23H23F3N6O. The Hall–Kier alpha value is -3.53. The summed E-state index contributed by atoms with van der Waals surface area (Å²) >= 11 is 0. The van der Waals surface area contributed by atoms with E-state index in [0.717, 1.165) is 5.69 Å². The largest absolute Gasteiger partial charge is 0.409 e. The van der Waals surface area contributed by atoms with Crippen LogP contribution in [0.1, 0.15) is 35.1 Å². The van der Waals surface area contributed by atoms with Gasteiger partial charge in [0.25, 0.3) is 5.91 Å². The maximum absolute atomic E-state index is 13.6. The maximum atomic E-state index is 13.6. The quantitative estimate of drug-likeness (QED) is 0.584. The molecule has 4 rings (SSSR count). The zero-order valence-electron chi connectivity index (χ0n) is 17.7. The Kier molecular flexibility index (Phi) is 6.83. The molecule has 7 nitrogen and oxygen atoms in total. The molecule has 0 saturated carbocycles. The van der Waals surface area contributed by atoms with Crippen LogP contribution < -0.4 is 15.5 Å². The lowest BCUT2D eigenvalue weighted by atomic mass is 10.0. The monoisotopic (exact) mass is 456 g/mol. The molecule has 1 aromatic carbocycles. The summed E-state index contributed by atoms with van der Waals surface area (Å²) in [7, 11) is 0. The number of anilines is 2. The number of halogens is 3. The Morgan fingerprint density at radius 2 is 1.76 bits per heavy atom. The minimum Gasteiger partial charge on any atom is -0.371 e. The van der Waals surface area contributed by atoms with Gasteiger partial charge in [-0.15, -0.1) is 0 Å². The Morgan fingerprint density at radius 3 is 2.36 bits per heavy atom. The van der Waals surface area contributed by atoms with Crippen LogP contribution >= 0.6 is 0 Å². The number of aromatic nitrogens is 3. The molecule has 0 aliphatic carbocycles. The molecule has 33 heavy (non-hydrogen) atoms. The predicted octanol–water partition coefficient (Wildman–Crippen LogP) is 3.99. The van der Waals surface area contributed by atoms with Gasteiger partial charge in [0, 0.05) is 49.1 Å². The molecule has 1 atom stereocenters. The number of carbonyl (C=O) groups is 1. The van der Waals surface area contributed by atoms with Crippen LogP contribution in [0.25, 0.3) is 0 Å². The summed E-state index contributed by atoms with van der Waals surface area (Å²) in [4.78, 5) is 26.0. The highest BCUT2D eigenvalue weighted by atomic mass is 19.4. The van der Waals surface area contributed by atoms with Gasteiger partial charge in [0.05, 0.1) is 11.9 Å². The molecular weight excluding hydrogens is 433 g/mol. The van der Waals surface area contributed by atoms with Gasteiger partial charge in [0.1, 0.15) is 11.7 Å². The van der Waals surface area contributed by atoms with Crippen molar-refractivity contribution >= 4 is 17.3 Å². The number of alkyl halides is 3. The summed E-state index contributed by atoms with van der Waals surface area (Å²) in [6.07, 6.45) is 2.43. The highest BCUT2D eigenvalue weighted by Gasteiger charge is 2.43. The van der Waals surface area contributed by atoms with E-state index in [1.54, 1.807) is 24.3 Å².